The number of aliphatic hydroxyl groups excluding tert-OH is 1. The first-order valence-electron chi connectivity index (χ1n) is 11.4. The maximum Gasteiger partial charge on any atom is 0.387 e. The van der Waals surface area contributed by atoms with Crippen LogP contribution in [0.4, 0.5) is 8.78 Å². The highest BCUT2D eigenvalue weighted by Gasteiger charge is 2.24. The largest absolute Gasteiger partial charge is 0.493 e. The maximum absolute atomic E-state index is 12.8. The summed E-state index contributed by atoms with van der Waals surface area (Å²) in [6.45, 7) is -3.45. The Morgan fingerprint density at radius 3 is 2.29 bits per heavy atom. The molecular weight excluding hydrogens is 524 g/mol. The molecule has 0 fully saturated rings. The van der Waals surface area contributed by atoms with Crippen LogP contribution in [-0.4, -0.2) is 46.8 Å². The fourth-order valence-corrected chi connectivity index (χ4v) is 4.62. The predicted molar refractivity (Wildman–Crippen MR) is 133 cm³/mol. The third-order valence-corrected chi connectivity index (χ3v) is 6.69. The van der Waals surface area contributed by atoms with E-state index in [9.17, 15) is 27.1 Å². The number of halogens is 2. The Labute approximate surface area is 219 Å². The third kappa shape index (κ3) is 7.33. The molecule has 1 amide bonds. The van der Waals surface area contributed by atoms with Crippen molar-refractivity contribution in [2.45, 2.75) is 31.0 Å². The van der Waals surface area contributed by atoms with Crippen LogP contribution in [0.3, 0.4) is 0 Å². The molecule has 0 atom stereocenters. The molecular formula is C26H27F2NO8S. The first-order valence-corrected chi connectivity index (χ1v) is 12.8. The zero-order valence-electron chi connectivity index (χ0n) is 20.6. The highest BCUT2D eigenvalue weighted by molar-refractivity contribution is 7.87. The lowest BCUT2D eigenvalue weighted by molar-refractivity contribution is -0.120. The first-order chi connectivity index (χ1) is 18.2. The van der Waals surface area contributed by atoms with Gasteiger partial charge in [0, 0.05) is 12.1 Å². The number of aliphatic hydroxyl groups is 1. The molecule has 0 heterocycles. The van der Waals surface area contributed by atoms with Crippen molar-refractivity contribution in [3.63, 3.8) is 0 Å². The predicted octanol–water partition coefficient (Wildman–Crippen LogP) is 3.47. The first kappa shape index (κ1) is 28.7. The highest BCUT2D eigenvalue weighted by atomic mass is 32.2. The number of hydrogen-bond acceptors (Lipinski definition) is 8. The second-order valence-electron chi connectivity index (χ2n) is 7.88. The van der Waals surface area contributed by atoms with Crippen LogP contribution in [0.25, 0.3) is 0 Å². The number of nitrogens with one attached hydrogen (secondary N) is 1. The van der Waals surface area contributed by atoms with E-state index in [1.165, 1.54) is 50.6 Å². The second kappa shape index (κ2) is 13.1. The molecule has 2 N–H and O–H groups in total. The Morgan fingerprint density at radius 1 is 0.974 bits per heavy atom. The van der Waals surface area contributed by atoms with E-state index in [0.29, 0.717) is 17.5 Å². The molecule has 0 radical (unpaired) electrons. The minimum Gasteiger partial charge on any atom is -0.493 e. The maximum atomic E-state index is 12.8. The summed E-state index contributed by atoms with van der Waals surface area (Å²) >= 11 is 0. The average molecular weight is 552 g/mol. The van der Waals surface area contributed by atoms with Crippen molar-refractivity contribution in [3.05, 3.63) is 77.4 Å². The molecule has 9 nitrogen and oxygen atoms in total. The van der Waals surface area contributed by atoms with Crippen molar-refractivity contribution < 1.29 is 45.5 Å². The van der Waals surface area contributed by atoms with Crippen LogP contribution in [-0.2, 0) is 34.4 Å². The topological polar surface area (TPSA) is 120 Å². The molecule has 3 aromatic carbocycles. The van der Waals surface area contributed by atoms with Crippen LogP contribution in [0, 0.1) is 0 Å². The van der Waals surface area contributed by atoms with Gasteiger partial charge < -0.3 is 28.8 Å². The van der Waals surface area contributed by atoms with E-state index in [1.807, 2.05) is 0 Å². The Bertz CT molecular complexity index is 1350. The molecule has 0 aliphatic heterocycles. The van der Waals surface area contributed by atoms with Gasteiger partial charge in [0.15, 0.2) is 23.0 Å². The number of hydrogen-bond donors (Lipinski definition) is 2. The number of benzene rings is 3. The number of rotatable bonds is 13. The fourth-order valence-electron chi connectivity index (χ4n) is 3.63. The SMILES string of the molecule is COc1ccc(CCNC(=O)Cc2ccc(OC)c(OS(=O)(=O)c3ccccc3)c2CO)cc1OC(F)F. The molecule has 0 aliphatic carbocycles. The van der Waals surface area contributed by atoms with Gasteiger partial charge in [-0.3, -0.25) is 4.79 Å². The number of alkyl halides is 2. The average Bonchev–Trinajstić information content (AvgIpc) is 2.89. The monoisotopic (exact) mass is 551 g/mol. The number of carbonyl (C=O) groups is 1. The van der Waals surface area contributed by atoms with Gasteiger partial charge in [0.25, 0.3) is 0 Å². The number of amides is 1. The molecule has 3 rings (SSSR count). The zero-order chi connectivity index (χ0) is 27.7. The van der Waals surface area contributed by atoms with Gasteiger partial charge in [0.2, 0.25) is 5.91 Å². The lowest BCUT2D eigenvalue weighted by Crippen LogP contribution is -2.27. The summed E-state index contributed by atoms with van der Waals surface area (Å²) in [5, 5.41) is 12.7. The normalized spacial score (nSPS) is 11.2. The molecule has 0 aliphatic rings. The summed E-state index contributed by atoms with van der Waals surface area (Å²) in [4.78, 5) is 12.5. The van der Waals surface area contributed by atoms with Crippen LogP contribution in [0.2, 0.25) is 0 Å². The van der Waals surface area contributed by atoms with Crippen LogP contribution >= 0.6 is 0 Å². The zero-order valence-corrected chi connectivity index (χ0v) is 21.5. The number of methoxy groups -OCH3 is 2. The quantitative estimate of drug-likeness (QED) is 0.310. The van der Waals surface area contributed by atoms with Gasteiger partial charge >= 0.3 is 16.7 Å². The van der Waals surface area contributed by atoms with E-state index >= 15 is 0 Å². The third-order valence-electron chi connectivity index (χ3n) is 5.46. The Kier molecular flexibility index (Phi) is 9.85. The lowest BCUT2D eigenvalue weighted by atomic mass is 10.0. The van der Waals surface area contributed by atoms with Gasteiger partial charge in [-0.2, -0.15) is 17.2 Å². The fraction of sp³-hybridized carbons (Fsp3) is 0.269. The van der Waals surface area contributed by atoms with Crippen molar-refractivity contribution in [1.29, 1.82) is 0 Å². The van der Waals surface area contributed by atoms with Crippen molar-refractivity contribution in [3.8, 4) is 23.0 Å². The molecule has 12 heteroatoms. The van der Waals surface area contributed by atoms with Gasteiger partial charge in [-0.1, -0.05) is 30.3 Å². The van der Waals surface area contributed by atoms with Gasteiger partial charge in [-0.25, -0.2) is 0 Å². The van der Waals surface area contributed by atoms with Crippen LogP contribution < -0.4 is 23.7 Å². The minimum atomic E-state index is -4.24. The molecule has 204 valence electrons. The van der Waals surface area contributed by atoms with E-state index in [0.717, 1.165) is 0 Å². The molecule has 0 saturated carbocycles. The summed E-state index contributed by atoms with van der Waals surface area (Å²) < 4.78 is 70.9. The van der Waals surface area contributed by atoms with Crippen LogP contribution in [0.1, 0.15) is 16.7 Å². The Morgan fingerprint density at radius 2 is 1.66 bits per heavy atom. The Hall–Kier alpha value is -3.90. The van der Waals surface area contributed by atoms with Gasteiger partial charge in [0.1, 0.15) is 4.90 Å². The van der Waals surface area contributed by atoms with Crippen LogP contribution in [0.15, 0.2) is 65.6 Å². The number of carbonyl (C=O) groups excluding carboxylic acids is 1. The molecule has 38 heavy (non-hydrogen) atoms. The van der Waals surface area contributed by atoms with Crippen molar-refractivity contribution in [1.82, 2.24) is 5.32 Å². The highest BCUT2D eigenvalue weighted by Crippen LogP contribution is 2.36. The van der Waals surface area contributed by atoms with Crippen molar-refractivity contribution in [2.24, 2.45) is 0 Å². The molecule has 0 spiro atoms. The number of ether oxygens (including phenoxy) is 3. The molecule has 0 saturated heterocycles. The lowest BCUT2D eigenvalue weighted by Gasteiger charge is -2.17. The standard InChI is InChI=1S/C26H27F2NO8S/c1-34-21-10-8-17(14-23(21)36-26(27)28)12-13-29-24(31)15-18-9-11-22(35-2)25(20(18)16-30)37-38(32,33)19-6-4-3-5-7-19/h3-11,14,26,30H,12-13,15-16H2,1-2H3,(H,29,31). The summed E-state index contributed by atoms with van der Waals surface area (Å²) in [5.41, 5.74) is 1.05. The van der Waals surface area contributed by atoms with E-state index in [1.54, 1.807) is 24.3 Å². The van der Waals surface area contributed by atoms with Crippen molar-refractivity contribution >= 4 is 16.0 Å². The smallest absolute Gasteiger partial charge is 0.387 e. The van der Waals surface area contributed by atoms with Gasteiger partial charge in [-0.15, -0.1) is 0 Å². The second-order valence-corrected chi connectivity index (χ2v) is 9.43. The van der Waals surface area contributed by atoms with Gasteiger partial charge in [0.05, 0.1) is 27.2 Å². The van der Waals surface area contributed by atoms with E-state index in [-0.39, 0.29) is 46.4 Å². The summed E-state index contributed by atoms with van der Waals surface area (Å²) in [5.74, 6) is -0.524. The molecule has 3 aromatic rings. The van der Waals surface area contributed by atoms with E-state index < -0.39 is 29.2 Å². The Balaban J connectivity index is 1.72. The van der Waals surface area contributed by atoms with Crippen LogP contribution in [0.5, 0.6) is 23.0 Å². The van der Waals surface area contributed by atoms with Gasteiger partial charge in [-0.05, 0) is 47.9 Å². The summed E-state index contributed by atoms with van der Waals surface area (Å²) in [7, 11) is -1.59. The summed E-state index contributed by atoms with van der Waals surface area (Å²) in [6, 6.07) is 15.0. The molecule has 0 aromatic heterocycles. The van der Waals surface area contributed by atoms with E-state index in [4.69, 9.17) is 13.7 Å². The minimum absolute atomic E-state index is 0.0686. The van der Waals surface area contributed by atoms with Crippen molar-refractivity contribution in [2.75, 3.05) is 20.8 Å². The molecule has 0 unspecified atom stereocenters. The molecule has 0 bridgehead atoms. The van der Waals surface area contributed by atoms with E-state index in [2.05, 4.69) is 10.1 Å². The summed E-state index contributed by atoms with van der Waals surface area (Å²) in [6.07, 6.45) is 0.123.